The van der Waals surface area contributed by atoms with Crippen LogP contribution in [0.15, 0.2) is 42.2 Å². The smallest absolute Gasteiger partial charge is 0.265 e. The number of nitriles is 1. The fraction of sp³-hybridized carbons (Fsp3) is 0.368. The first kappa shape index (κ1) is 16.1. The number of benzene rings is 1. The molecule has 24 heavy (non-hydrogen) atoms. The lowest BCUT2D eigenvalue weighted by Crippen LogP contribution is -2.36. The van der Waals surface area contributed by atoms with Crippen LogP contribution in [0.5, 0.6) is 0 Å². The van der Waals surface area contributed by atoms with Crippen LogP contribution in [0.1, 0.15) is 24.8 Å². The summed E-state index contributed by atoms with van der Waals surface area (Å²) >= 11 is 0. The molecule has 0 aliphatic carbocycles. The molecule has 0 atom stereocenters. The Bertz CT molecular complexity index is 778. The number of rotatable bonds is 5. The molecule has 1 aliphatic heterocycles. The van der Waals surface area contributed by atoms with E-state index in [1.165, 1.54) is 10.9 Å². The zero-order valence-corrected chi connectivity index (χ0v) is 13.7. The summed E-state index contributed by atoms with van der Waals surface area (Å²) in [5, 5.41) is 13.6. The number of aromatic amines is 1. The minimum absolute atomic E-state index is 0.156. The molecule has 0 radical (unpaired) electrons. The van der Waals surface area contributed by atoms with Gasteiger partial charge in [-0.2, -0.15) is 5.26 Å². The Morgan fingerprint density at radius 1 is 1.29 bits per heavy atom. The molecule has 1 amide bonds. The number of aromatic nitrogens is 1. The summed E-state index contributed by atoms with van der Waals surface area (Å²) in [4.78, 5) is 17.3. The van der Waals surface area contributed by atoms with Crippen molar-refractivity contribution in [2.24, 2.45) is 0 Å². The van der Waals surface area contributed by atoms with E-state index in [0.29, 0.717) is 6.54 Å². The van der Waals surface area contributed by atoms with E-state index in [1.54, 1.807) is 11.1 Å². The Balaban J connectivity index is 1.56. The lowest BCUT2D eigenvalue weighted by atomic mass is 10.1. The molecule has 2 N–H and O–H groups in total. The Morgan fingerprint density at radius 3 is 2.88 bits per heavy atom. The molecule has 0 unspecified atom stereocenters. The molecule has 5 nitrogen and oxygen atoms in total. The average Bonchev–Trinajstić information content (AvgIpc) is 3.05. The third-order valence-corrected chi connectivity index (χ3v) is 4.45. The quantitative estimate of drug-likeness (QED) is 0.505. The maximum Gasteiger partial charge on any atom is 0.265 e. The molecule has 1 fully saturated rings. The normalized spacial score (nSPS) is 15.3. The van der Waals surface area contributed by atoms with Gasteiger partial charge in [-0.1, -0.05) is 18.2 Å². The fourth-order valence-corrected chi connectivity index (χ4v) is 3.13. The summed E-state index contributed by atoms with van der Waals surface area (Å²) in [6.45, 7) is 2.20. The maximum atomic E-state index is 12.3. The average molecular weight is 322 g/mol. The molecule has 1 aliphatic rings. The fourth-order valence-electron chi connectivity index (χ4n) is 3.13. The number of likely N-dealkylation sites (tertiary alicyclic amines) is 1. The van der Waals surface area contributed by atoms with Crippen molar-refractivity contribution in [1.82, 2.24) is 15.2 Å². The summed E-state index contributed by atoms with van der Waals surface area (Å²) in [7, 11) is 0. The van der Waals surface area contributed by atoms with Crippen molar-refractivity contribution in [2.45, 2.75) is 25.7 Å². The van der Waals surface area contributed by atoms with Gasteiger partial charge in [0.1, 0.15) is 11.6 Å². The van der Waals surface area contributed by atoms with E-state index in [4.69, 9.17) is 0 Å². The van der Waals surface area contributed by atoms with Crippen LogP contribution >= 0.6 is 0 Å². The largest absolute Gasteiger partial charge is 0.389 e. The highest BCUT2D eigenvalue weighted by molar-refractivity contribution is 5.97. The Hall–Kier alpha value is -2.74. The van der Waals surface area contributed by atoms with Gasteiger partial charge in [-0.05, 0) is 37.3 Å². The summed E-state index contributed by atoms with van der Waals surface area (Å²) < 4.78 is 0. The van der Waals surface area contributed by atoms with Crippen LogP contribution in [0.2, 0.25) is 0 Å². The van der Waals surface area contributed by atoms with E-state index in [1.807, 2.05) is 24.4 Å². The van der Waals surface area contributed by atoms with E-state index >= 15 is 0 Å². The molecular formula is C19H22N4O. The van der Waals surface area contributed by atoms with Gasteiger partial charge in [-0.3, -0.25) is 4.79 Å². The van der Waals surface area contributed by atoms with Crippen LogP contribution in [-0.4, -0.2) is 35.4 Å². The number of hydrogen-bond donors (Lipinski definition) is 2. The van der Waals surface area contributed by atoms with E-state index < -0.39 is 0 Å². The molecule has 0 bridgehead atoms. The second-order valence-electron chi connectivity index (χ2n) is 6.09. The van der Waals surface area contributed by atoms with E-state index in [0.717, 1.165) is 44.3 Å². The van der Waals surface area contributed by atoms with Gasteiger partial charge in [0.2, 0.25) is 0 Å². The number of amides is 1. The molecule has 1 saturated heterocycles. The van der Waals surface area contributed by atoms with Gasteiger partial charge in [0, 0.05) is 42.9 Å². The molecular weight excluding hydrogens is 300 g/mol. The van der Waals surface area contributed by atoms with Crippen LogP contribution in [0, 0.1) is 11.3 Å². The van der Waals surface area contributed by atoms with Crippen molar-refractivity contribution >= 4 is 16.8 Å². The van der Waals surface area contributed by atoms with Gasteiger partial charge >= 0.3 is 0 Å². The second kappa shape index (κ2) is 7.69. The minimum atomic E-state index is -0.156. The van der Waals surface area contributed by atoms with Crippen molar-refractivity contribution in [3.8, 4) is 6.07 Å². The second-order valence-corrected chi connectivity index (χ2v) is 6.09. The Kier molecular flexibility index (Phi) is 5.17. The number of para-hydroxylation sites is 1. The number of hydrogen-bond acceptors (Lipinski definition) is 3. The summed E-state index contributed by atoms with van der Waals surface area (Å²) in [6.07, 6.45) is 7.62. The van der Waals surface area contributed by atoms with E-state index in [2.05, 4.69) is 22.4 Å². The van der Waals surface area contributed by atoms with Gasteiger partial charge in [-0.15, -0.1) is 0 Å². The molecule has 2 heterocycles. The summed E-state index contributed by atoms with van der Waals surface area (Å²) in [5.41, 5.74) is 2.55. The molecule has 1 aromatic heterocycles. The first-order valence-electron chi connectivity index (χ1n) is 8.47. The predicted molar refractivity (Wildman–Crippen MR) is 94.1 cm³/mol. The van der Waals surface area contributed by atoms with Crippen LogP contribution < -0.4 is 5.32 Å². The van der Waals surface area contributed by atoms with Crippen LogP contribution in [0.4, 0.5) is 0 Å². The monoisotopic (exact) mass is 322 g/mol. The van der Waals surface area contributed by atoms with Crippen molar-refractivity contribution < 1.29 is 4.79 Å². The van der Waals surface area contributed by atoms with Gasteiger partial charge in [0.05, 0.1) is 0 Å². The highest BCUT2D eigenvalue weighted by Gasteiger charge is 2.19. The number of nitrogens with zero attached hydrogens (tertiary/aromatic N) is 2. The third-order valence-electron chi connectivity index (χ3n) is 4.45. The number of carbonyl (C=O) groups is 1. The number of fused-ring (bicyclic) bond motifs is 1. The summed E-state index contributed by atoms with van der Waals surface area (Å²) in [5.74, 6) is -0.156. The molecule has 3 rings (SSSR count). The zero-order chi connectivity index (χ0) is 16.8. The zero-order valence-electron chi connectivity index (χ0n) is 13.7. The van der Waals surface area contributed by atoms with Gasteiger partial charge in [0.25, 0.3) is 5.91 Å². The molecule has 2 aromatic rings. The molecule has 1 aromatic carbocycles. The van der Waals surface area contributed by atoms with Crippen LogP contribution in [-0.2, 0) is 11.2 Å². The Labute approximate surface area is 142 Å². The molecule has 124 valence electrons. The van der Waals surface area contributed by atoms with Gasteiger partial charge in [0.15, 0.2) is 0 Å². The highest BCUT2D eigenvalue weighted by atomic mass is 16.2. The minimum Gasteiger partial charge on any atom is -0.389 e. The van der Waals surface area contributed by atoms with Crippen LogP contribution in [0.3, 0.4) is 0 Å². The van der Waals surface area contributed by atoms with Crippen molar-refractivity contribution in [3.63, 3.8) is 0 Å². The number of nitrogens with one attached hydrogen (secondary N) is 2. The SMILES string of the molecule is N#C/C(=C/NCCc1c[nH]c2ccccc12)C(=O)N1CCCCC1. The topological polar surface area (TPSA) is 71.9 Å². The maximum absolute atomic E-state index is 12.3. The first-order valence-corrected chi connectivity index (χ1v) is 8.47. The van der Waals surface area contributed by atoms with Crippen LogP contribution in [0.25, 0.3) is 10.9 Å². The molecule has 0 spiro atoms. The summed E-state index contributed by atoms with van der Waals surface area (Å²) in [6, 6.07) is 10.2. The van der Waals surface area contributed by atoms with E-state index in [9.17, 15) is 10.1 Å². The standard InChI is InChI=1S/C19H22N4O/c20-12-16(19(24)23-10-4-1-5-11-23)13-21-9-8-15-14-22-18-7-3-2-6-17(15)18/h2-3,6-7,13-14,21-22H,1,4-5,8-11H2/b16-13-. The number of H-pyrrole nitrogens is 1. The predicted octanol–water partition coefficient (Wildman–Crippen LogP) is 2.72. The van der Waals surface area contributed by atoms with Crippen molar-refractivity contribution in [3.05, 3.63) is 47.8 Å². The van der Waals surface area contributed by atoms with Gasteiger partial charge in [-0.25, -0.2) is 0 Å². The number of piperidine rings is 1. The lowest BCUT2D eigenvalue weighted by molar-refractivity contribution is -0.127. The third kappa shape index (κ3) is 3.60. The molecule has 0 saturated carbocycles. The molecule has 5 heteroatoms. The Morgan fingerprint density at radius 2 is 2.08 bits per heavy atom. The number of carbonyl (C=O) groups excluding carboxylic acids is 1. The van der Waals surface area contributed by atoms with E-state index in [-0.39, 0.29) is 11.5 Å². The lowest BCUT2D eigenvalue weighted by Gasteiger charge is -2.26. The van der Waals surface area contributed by atoms with Gasteiger partial charge < -0.3 is 15.2 Å². The van der Waals surface area contributed by atoms with Crippen molar-refractivity contribution in [1.29, 1.82) is 5.26 Å². The first-order chi connectivity index (χ1) is 11.8. The van der Waals surface area contributed by atoms with Crippen molar-refractivity contribution in [2.75, 3.05) is 19.6 Å². The highest BCUT2D eigenvalue weighted by Crippen LogP contribution is 2.17.